The third-order valence-corrected chi connectivity index (χ3v) is 6.39. The van der Waals surface area contributed by atoms with Crippen LogP contribution in [0, 0.1) is 0 Å². The second-order valence-electron chi connectivity index (χ2n) is 8.63. The number of nitrogens with one attached hydrogen (secondary N) is 1. The Morgan fingerprint density at radius 2 is 2.18 bits per heavy atom. The largest absolute Gasteiger partial charge is 0.468 e. The number of hydrogen-bond donors (Lipinski definition) is 2. The molecule has 2 aromatic rings. The molecule has 0 saturated carbocycles. The van der Waals surface area contributed by atoms with Crippen molar-refractivity contribution in [3.8, 4) is 0 Å². The highest BCUT2D eigenvalue weighted by molar-refractivity contribution is 5.79. The molecular formula is C26H33N5O2. The highest BCUT2D eigenvalue weighted by Gasteiger charge is 2.34. The molecule has 4 rings (SSSR count). The molecule has 0 spiro atoms. The SMILES string of the molecule is COC(=O)C(c1ccccc1)N1CC[C@@H](N=CC(=CN)CCc2ccc3c(n2)NCCC3)C1. The van der Waals surface area contributed by atoms with Crippen molar-refractivity contribution in [2.45, 2.75) is 44.2 Å². The molecule has 1 aromatic carbocycles. The fourth-order valence-corrected chi connectivity index (χ4v) is 4.54. The molecule has 0 bridgehead atoms. The van der Waals surface area contributed by atoms with Crippen LogP contribution >= 0.6 is 0 Å². The summed E-state index contributed by atoms with van der Waals surface area (Å²) in [7, 11) is 1.44. The van der Waals surface area contributed by atoms with Crippen molar-refractivity contribution in [3.05, 3.63) is 71.1 Å². The molecule has 0 amide bonds. The molecule has 2 aliphatic rings. The van der Waals surface area contributed by atoms with Gasteiger partial charge in [-0.15, -0.1) is 0 Å². The van der Waals surface area contributed by atoms with E-state index in [4.69, 9.17) is 20.4 Å². The number of allylic oxidation sites excluding steroid dienone is 1. The summed E-state index contributed by atoms with van der Waals surface area (Å²) in [6.45, 7) is 2.50. The number of carbonyl (C=O) groups is 1. The number of aromatic nitrogens is 1. The predicted octanol–water partition coefficient (Wildman–Crippen LogP) is 3.27. The van der Waals surface area contributed by atoms with Gasteiger partial charge < -0.3 is 15.8 Å². The van der Waals surface area contributed by atoms with Crippen molar-refractivity contribution in [2.24, 2.45) is 10.7 Å². The van der Waals surface area contributed by atoms with Crippen LogP contribution in [0.15, 0.2) is 59.2 Å². The van der Waals surface area contributed by atoms with Crippen LogP contribution in [0.4, 0.5) is 5.82 Å². The number of aryl methyl sites for hydroxylation is 2. The smallest absolute Gasteiger partial charge is 0.327 e. The zero-order valence-corrected chi connectivity index (χ0v) is 19.2. The third kappa shape index (κ3) is 5.79. The number of esters is 1. The number of ether oxygens (including phenoxy) is 1. The average molecular weight is 448 g/mol. The van der Waals surface area contributed by atoms with Gasteiger partial charge in [-0.2, -0.15) is 0 Å². The van der Waals surface area contributed by atoms with E-state index in [1.165, 1.54) is 12.7 Å². The van der Waals surface area contributed by atoms with Crippen LogP contribution in [0.3, 0.4) is 0 Å². The highest BCUT2D eigenvalue weighted by atomic mass is 16.5. The van der Waals surface area contributed by atoms with E-state index < -0.39 is 6.04 Å². The lowest BCUT2D eigenvalue weighted by atomic mass is 10.0. The second kappa shape index (κ2) is 11.1. The molecule has 7 heteroatoms. The average Bonchev–Trinajstić information content (AvgIpc) is 3.33. The van der Waals surface area contributed by atoms with Gasteiger partial charge in [-0.1, -0.05) is 36.4 Å². The second-order valence-corrected chi connectivity index (χ2v) is 8.63. The maximum absolute atomic E-state index is 12.5. The van der Waals surface area contributed by atoms with Crippen molar-refractivity contribution in [1.29, 1.82) is 0 Å². The van der Waals surface area contributed by atoms with E-state index in [2.05, 4.69) is 22.3 Å². The van der Waals surface area contributed by atoms with E-state index in [0.29, 0.717) is 6.54 Å². The van der Waals surface area contributed by atoms with Gasteiger partial charge in [0.25, 0.3) is 0 Å². The van der Waals surface area contributed by atoms with Gasteiger partial charge in [0.05, 0.1) is 13.2 Å². The summed E-state index contributed by atoms with van der Waals surface area (Å²) in [5.74, 6) is 0.788. The summed E-state index contributed by atoms with van der Waals surface area (Å²) in [6, 6.07) is 13.8. The predicted molar refractivity (Wildman–Crippen MR) is 131 cm³/mol. The quantitative estimate of drug-likeness (QED) is 0.477. The van der Waals surface area contributed by atoms with Gasteiger partial charge in [0, 0.05) is 31.5 Å². The summed E-state index contributed by atoms with van der Waals surface area (Å²) in [4.78, 5) is 24.2. The van der Waals surface area contributed by atoms with Crippen molar-refractivity contribution in [2.75, 3.05) is 32.1 Å². The number of pyridine rings is 1. The summed E-state index contributed by atoms with van der Waals surface area (Å²) in [5.41, 5.74) is 10.2. The van der Waals surface area contributed by atoms with Gasteiger partial charge in [-0.3, -0.25) is 9.89 Å². The third-order valence-electron chi connectivity index (χ3n) is 6.39. The Morgan fingerprint density at radius 3 is 2.97 bits per heavy atom. The standard InChI is InChI=1S/C26H33N5O2/c1-33-26(32)24(20-6-3-2-4-7-20)31-15-13-23(18-31)29-17-19(16-27)9-11-22-12-10-21-8-5-14-28-25(21)30-22/h2-4,6-7,10,12,16-17,23-24H,5,8-9,11,13-15,18,27H2,1H3,(H,28,30)/t23-,24?/m1/s1. The maximum atomic E-state index is 12.5. The Balaban J connectivity index is 1.34. The number of carbonyl (C=O) groups excluding carboxylic acids is 1. The van der Waals surface area contributed by atoms with Crippen molar-refractivity contribution >= 4 is 18.0 Å². The molecule has 1 fully saturated rings. The number of methoxy groups -OCH3 is 1. The van der Waals surface area contributed by atoms with Gasteiger partial charge in [0.15, 0.2) is 0 Å². The van der Waals surface area contributed by atoms with Crippen LogP contribution in [0.1, 0.15) is 42.1 Å². The number of rotatable bonds is 8. The lowest BCUT2D eigenvalue weighted by Crippen LogP contribution is -2.33. The molecule has 1 saturated heterocycles. The van der Waals surface area contributed by atoms with E-state index in [1.54, 1.807) is 6.20 Å². The van der Waals surface area contributed by atoms with Gasteiger partial charge in [0.2, 0.25) is 0 Å². The molecule has 33 heavy (non-hydrogen) atoms. The summed E-state index contributed by atoms with van der Waals surface area (Å²) in [5, 5.41) is 3.39. The van der Waals surface area contributed by atoms with Gasteiger partial charge in [0.1, 0.15) is 11.9 Å². The Hall–Kier alpha value is -3.19. The fourth-order valence-electron chi connectivity index (χ4n) is 4.54. The number of hydrogen-bond acceptors (Lipinski definition) is 7. The first-order valence-corrected chi connectivity index (χ1v) is 11.7. The number of nitrogens with zero attached hydrogens (tertiary/aromatic N) is 3. The van der Waals surface area contributed by atoms with Gasteiger partial charge >= 0.3 is 5.97 Å². The molecule has 0 radical (unpaired) electrons. The van der Waals surface area contributed by atoms with E-state index in [9.17, 15) is 4.79 Å². The number of fused-ring (bicyclic) bond motifs is 1. The topological polar surface area (TPSA) is 92.8 Å². The van der Waals surface area contributed by atoms with E-state index >= 15 is 0 Å². The van der Waals surface area contributed by atoms with Crippen LogP contribution in [-0.2, 0) is 22.4 Å². The maximum Gasteiger partial charge on any atom is 0.327 e. The molecule has 1 unspecified atom stereocenters. The van der Waals surface area contributed by atoms with Crippen molar-refractivity contribution in [1.82, 2.24) is 9.88 Å². The van der Waals surface area contributed by atoms with Crippen LogP contribution in [0.25, 0.3) is 0 Å². The summed E-state index contributed by atoms with van der Waals surface area (Å²) in [6.07, 6.45) is 8.28. The Morgan fingerprint density at radius 1 is 1.33 bits per heavy atom. The normalized spacial score (nSPS) is 19.8. The zero-order chi connectivity index (χ0) is 23.0. The van der Waals surface area contributed by atoms with Crippen LogP contribution in [-0.4, -0.2) is 54.9 Å². The molecule has 0 aliphatic carbocycles. The van der Waals surface area contributed by atoms with Crippen molar-refractivity contribution in [3.63, 3.8) is 0 Å². The molecule has 2 atom stereocenters. The minimum Gasteiger partial charge on any atom is -0.468 e. The number of benzene rings is 1. The van der Waals surface area contributed by atoms with Crippen LogP contribution < -0.4 is 11.1 Å². The molecule has 174 valence electrons. The first kappa shape index (κ1) is 23.0. The minimum absolute atomic E-state index is 0.127. The molecule has 7 nitrogen and oxygen atoms in total. The fraction of sp³-hybridized carbons (Fsp3) is 0.423. The number of nitrogens with two attached hydrogens (primary N) is 1. The van der Waals surface area contributed by atoms with E-state index in [-0.39, 0.29) is 12.0 Å². The zero-order valence-electron chi connectivity index (χ0n) is 19.2. The molecule has 3 heterocycles. The monoisotopic (exact) mass is 447 g/mol. The highest BCUT2D eigenvalue weighted by Crippen LogP contribution is 2.27. The molecular weight excluding hydrogens is 414 g/mol. The Bertz CT molecular complexity index is 1000. The Labute approximate surface area is 195 Å². The van der Waals surface area contributed by atoms with Crippen molar-refractivity contribution < 1.29 is 9.53 Å². The summed E-state index contributed by atoms with van der Waals surface area (Å²) < 4.78 is 5.08. The van der Waals surface area contributed by atoms with Gasteiger partial charge in [-0.05, 0) is 61.1 Å². The minimum atomic E-state index is -0.399. The lowest BCUT2D eigenvalue weighted by Gasteiger charge is -2.25. The first-order chi connectivity index (χ1) is 16.2. The number of likely N-dealkylation sites (tertiary alicyclic amines) is 1. The van der Waals surface area contributed by atoms with E-state index in [1.807, 2.05) is 36.5 Å². The van der Waals surface area contributed by atoms with E-state index in [0.717, 1.165) is 67.8 Å². The Kier molecular flexibility index (Phi) is 7.73. The number of anilines is 1. The lowest BCUT2D eigenvalue weighted by molar-refractivity contribution is -0.146. The first-order valence-electron chi connectivity index (χ1n) is 11.7. The molecule has 1 aromatic heterocycles. The molecule has 2 aliphatic heterocycles. The number of aliphatic imine (C=N–C) groups is 1. The molecule has 3 N–H and O–H groups in total. The van der Waals surface area contributed by atoms with Crippen LogP contribution in [0.5, 0.6) is 0 Å². The summed E-state index contributed by atoms with van der Waals surface area (Å²) >= 11 is 0. The van der Waals surface area contributed by atoms with Gasteiger partial charge in [-0.25, -0.2) is 9.78 Å². The van der Waals surface area contributed by atoms with Crippen LogP contribution in [0.2, 0.25) is 0 Å².